The van der Waals surface area contributed by atoms with E-state index in [1.165, 1.54) is 13.2 Å². The molecule has 152 valence electrons. The van der Waals surface area contributed by atoms with Crippen molar-refractivity contribution >= 4 is 29.1 Å². The molecule has 1 heterocycles. The molecule has 8 nitrogen and oxygen atoms in total. The van der Waals surface area contributed by atoms with Gasteiger partial charge < -0.3 is 24.1 Å². The molecule has 0 saturated carbocycles. The fourth-order valence-electron chi connectivity index (χ4n) is 2.38. The molecular weight excluding hydrogens is 421 g/mol. The molecular formula is C19H17Cl2N3O5. The standard InChI is InChI=1S/C19H17Cl2N3O5/c1-26-12-4-5-13(16(8-12)27-2)19-23-18(29-24-19)9-22-17(25)10-28-15-6-3-11(20)7-14(15)21/h3-8H,9-10H2,1-2H3,(H,22,25). The number of hydrogen-bond donors (Lipinski definition) is 1. The number of methoxy groups -OCH3 is 2. The minimum Gasteiger partial charge on any atom is -0.497 e. The second-order valence-corrected chi connectivity index (χ2v) is 6.56. The molecule has 0 fully saturated rings. The van der Waals surface area contributed by atoms with Crippen molar-refractivity contribution in [1.82, 2.24) is 15.5 Å². The van der Waals surface area contributed by atoms with Gasteiger partial charge in [0.1, 0.15) is 17.2 Å². The average Bonchev–Trinajstić information content (AvgIpc) is 3.20. The number of aromatic nitrogens is 2. The van der Waals surface area contributed by atoms with Gasteiger partial charge in [0, 0.05) is 11.1 Å². The predicted molar refractivity (Wildman–Crippen MR) is 107 cm³/mol. The van der Waals surface area contributed by atoms with E-state index >= 15 is 0 Å². The number of carbonyl (C=O) groups is 1. The summed E-state index contributed by atoms with van der Waals surface area (Å²) in [5.74, 6) is 1.72. The Morgan fingerprint density at radius 3 is 2.66 bits per heavy atom. The highest BCUT2D eigenvalue weighted by atomic mass is 35.5. The van der Waals surface area contributed by atoms with Gasteiger partial charge >= 0.3 is 0 Å². The molecule has 0 radical (unpaired) electrons. The van der Waals surface area contributed by atoms with E-state index in [1.807, 2.05) is 0 Å². The van der Waals surface area contributed by atoms with Crippen LogP contribution in [-0.4, -0.2) is 36.9 Å². The summed E-state index contributed by atoms with van der Waals surface area (Å²) < 4.78 is 21.1. The van der Waals surface area contributed by atoms with Gasteiger partial charge in [-0.1, -0.05) is 28.4 Å². The van der Waals surface area contributed by atoms with E-state index < -0.39 is 0 Å². The molecule has 1 aromatic heterocycles. The minimum absolute atomic E-state index is 0.0437. The quantitative estimate of drug-likeness (QED) is 0.572. The zero-order valence-corrected chi connectivity index (χ0v) is 17.1. The highest BCUT2D eigenvalue weighted by Gasteiger charge is 2.15. The Balaban J connectivity index is 1.57. The zero-order valence-electron chi connectivity index (χ0n) is 15.6. The third kappa shape index (κ3) is 5.30. The maximum Gasteiger partial charge on any atom is 0.258 e. The Morgan fingerprint density at radius 1 is 1.10 bits per heavy atom. The van der Waals surface area contributed by atoms with Crippen molar-refractivity contribution in [2.45, 2.75) is 6.54 Å². The van der Waals surface area contributed by atoms with Crippen LogP contribution in [0, 0.1) is 0 Å². The molecule has 1 N–H and O–H groups in total. The Morgan fingerprint density at radius 2 is 1.93 bits per heavy atom. The predicted octanol–water partition coefficient (Wildman–Crippen LogP) is 3.76. The molecule has 10 heteroatoms. The third-order valence-electron chi connectivity index (χ3n) is 3.81. The van der Waals surface area contributed by atoms with Crippen LogP contribution in [0.1, 0.15) is 5.89 Å². The summed E-state index contributed by atoms with van der Waals surface area (Å²) in [5.41, 5.74) is 0.635. The van der Waals surface area contributed by atoms with Crippen LogP contribution in [0.5, 0.6) is 17.2 Å². The van der Waals surface area contributed by atoms with Crippen molar-refractivity contribution in [1.29, 1.82) is 0 Å². The van der Waals surface area contributed by atoms with E-state index in [0.717, 1.165) is 0 Å². The Bertz CT molecular complexity index is 1010. The summed E-state index contributed by atoms with van der Waals surface area (Å²) in [6.45, 7) is -0.184. The van der Waals surface area contributed by atoms with Gasteiger partial charge in [-0.25, -0.2) is 0 Å². The van der Waals surface area contributed by atoms with Crippen LogP contribution in [0.25, 0.3) is 11.4 Å². The number of ether oxygens (including phenoxy) is 3. The van der Waals surface area contributed by atoms with Crippen molar-refractivity contribution in [2.75, 3.05) is 20.8 Å². The summed E-state index contributed by atoms with van der Waals surface area (Å²) in [5, 5.41) is 7.35. The summed E-state index contributed by atoms with van der Waals surface area (Å²) in [6, 6.07) is 9.97. The molecule has 0 aliphatic heterocycles. The first-order valence-corrected chi connectivity index (χ1v) is 9.15. The van der Waals surface area contributed by atoms with Crippen molar-refractivity contribution in [2.24, 2.45) is 0 Å². The van der Waals surface area contributed by atoms with Crippen molar-refractivity contribution in [3.63, 3.8) is 0 Å². The normalized spacial score (nSPS) is 10.5. The molecule has 1 amide bonds. The molecule has 0 spiro atoms. The van der Waals surface area contributed by atoms with Gasteiger partial charge in [-0.15, -0.1) is 0 Å². The molecule has 0 bridgehead atoms. The number of nitrogens with zero attached hydrogens (tertiary/aromatic N) is 2. The molecule has 0 atom stereocenters. The van der Waals surface area contributed by atoms with Crippen LogP contribution < -0.4 is 19.5 Å². The van der Waals surface area contributed by atoms with Crippen LogP contribution in [-0.2, 0) is 11.3 Å². The zero-order chi connectivity index (χ0) is 20.8. The molecule has 3 aromatic rings. The van der Waals surface area contributed by atoms with Crippen LogP contribution in [0.15, 0.2) is 40.9 Å². The molecule has 29 heavy (non-hydrogen) atoms. The first-order valence-electron chi connectivity index (χ1n) is 8.39. The molecule has 3 rings (SSSR count). The second kappa shape index (κ2) is 9.49. The first-order chi connectivity index (χ1) is 14.0. The van der Waals surface area contributed by atoms with Crippen LogP contribution in [0.2, 0.25) is 10.0 Å². The van der Waals surface area contributed by atoms with Gasteiger partial charge in [-0.3, -0.25) is 4.79 Å². The number of hydrogen-bond acceptors (Lipinski definition) is 7. The van der Waals surface area contributed by atoms with Crippen LogP contribution in [0.3, 0.4) is 0 Å². The number of nitrogens with one attached hydrogen (secondary N) is 1. The lowest BCUT2D eigenvalue weighted by Gasteiger charge is -2.08. The van der Waals surface area contributed by atoms with Crippen molar-refractivity contribution in [3.05, 3.63) is 52.3 Å². The summed E-state index contributed by atoms with van der Waals surface area (Å²) in [7, 11) is 3.10. The third-order valence-corrected chi connectivity index (χ3v) is 4.34. The lowest BCUT2D eigenvalue weighted by atomic mass is 10.2. The molecule has 0 saturated heterocycles. The monoisotopic (exact) mass is 437 g/mol. The number of amides is 1. The Kier molecular flexibility index (Phi) is 6.79. The molecule has 0 aliphatic rings. The number of halogens is 2. The average molecular weight is 438 g/mol. The number of benzene rings is 2. The van der Waals surface area contributed by atoms with E-state index in [0.29, 0.717) is 38.7 Å². The van der Waals surface area contributed by atoms with Gasteiger partial charge in [0.25, 0.3) is 5.91 Å². The fraction of sp³-hybridized carbons (Fsp3) is 0.211. The summed E-state index contributed by atoms with van der Waals surface area (Å²) >= 11 is 11.8. The second-order valence-electron chi connectivity index (χ2n) is 5.72. The van der Waals surface area contributed by atoms with Gasteiger partial charge in [-0.05, 0) is 30.3 Å². The minimum atomic E-state index is -0.377. The fourth-order valence-corrected chi connectivity index (χ4v) is 2.84. The van der Waals surface area contributed by atoms with Gasteiger partial charge in [0.15, 0.2) is 6.61 Å². The maximum atomic E-state index is 12.0. The van der Waals surface area contributed by atoms with Gasteiger partial charge in [-0.2, -0.15) is 4.98 Å². The van der Waals surface area contributed by atoms with Gasteiger partial charge in [0.05, 0.1) is 31.4 Å². The van der Waals surface area contributed by atoms with E-state index in [1.54, 1.807) is 37.4 Å². The maximum absolute atomic E-state index is 12.0. The van der Waals surface area contributed by atoms with Crippen LogP contribution >= 0.6 is 23.2 Å². The van der Waals surface area contributed by atoms with E-state index in [-0.39, 0.29) is 24.9 Å². The highest BCUT2D eigenvalue weighted by Crippen LogP contribution is 2.31. The lowest BCUT2D eigenvalue weighted by Crippen LogP contribution is -2.28. The summed E-state index contributed by atoms with van der Waals surface area (Å²) in [4.78, 5) is 16.3. The topological polar surface area (TPSA) is 95.7 Å². The van der Waals surface area contributed by atoms with E-state index in [9.17, 15) is 4.79 Å². The van der Waals surface area contributed by atoms with Crippen molar-refractivity contribution < 1.29 is 23.5 Å². The number of carbonyl (C=O) groups excluding carboxylic acids is 1. The van der Waals surface area contributed by atoms with Crippen molar-refractivity contribution in [3.8, 4) is 28.6 Å². The van der Waals surface area contributed by atoms with Crippen LogP contribution in [0.4, 0.5) is 0 Å². The lowest BCUT2D eigenvalue weighted by molar-refractivity contribution is -0.123. The largest absolute Gasteiger partial charge is 0.497 e. The number of rotatable bonds is 8. The summed E-state index contributed by atoms with van der Waals surface area (Å²) in [6.07, 6.45) is 0. The van der Waals surface area contributed by atoms with E-state index in [2.05, 4.69) is 15.5 Å². The van der Waals surface area contributed by atoms with E-state index in [4.69, 9.17) is 41.9 Å². The smallest absolute Gasteiger partial charge is 0.258 e. The highest BCUT2D eigenvalue weighted by molar-refractivity contribution is 6.35. The Labute approximate surface area is 176 Å². The Hall–Kier alpha value is -2.97. The SMILES string of the molecule is COc1ccc(-c2noc(CNC(=O)COc3ccc(Cl)cc3Cl)n2)c(OC)c1. The molecule has 2 aromatic carbocycles. The van der Waals surface area contributed by atoms with Gasteiger partial charge in [0.2, 0.25) is 11.7 Å². The first kappa shape index (κ1) is 20.8. The molecule has 0 unspecified atom stereocenters. The molecule has 0 aliphatic carbocycles.